The summed E-state index contributed by atoms with van der Waals surface area (Å²) in [6.07, 6.45) is 9.16. The molecule has 1 saturated carbocycles. The van der Waals surface area contributed by atoms with E-state index < -0.39 is 0 Å². The first kappa shape index (κ1) is 16.0. The van der Waals surface area contributed by atoms with Crippen LogP contribution < -0.4 is 5.32 Å². The lowest BCUT2D eigenvalue weighted by molar-refractivity contribution is 0.300. The van der Waals surface area contributed by atoms with Gasteiger partial charge in [0.2, 0.25) is 0 Å². The largest absolute Gasteiger partial charge is 0.310 e. The summed E-state index contributed by atoms with van der Waals surface area (Å²) < 4.78 is 14.0. The first-order chi connectivity index (χ1) is 9.70. The van der Waals surface area contributed by atoms with Crippen molar-refractivity contribution in [3.05, 3.63) is 34.1 Å². The summed E-state index contributed by atoms with van der Waals surface area (Å²) in [5, 5.41) is 3.64. The minimum atomic E-state index is -0.180. The molecule has 1 N–H and O–H groups in total. The van der Waals surface area contributed by atoms with Gasteiger partial charge in [-0.1, -0.05) is 45.1 Å². The molecule has 1 nitrogen and oxygen atoms in total. The van der Waals surface area contributed by atoms with Crippen LogP contribution in [0.15, 0.2) is 22.7 Å². The van der Waals surface area contributed by atoms with Crippen molar-refractivity contribution < 1.29 is 4.39 Å². The van der Waals surface area contributed by atoms with Crippen LogP contribution in [0.4, 0.5) is 4.39 Å². The number of benzene rings is 1. The molecule has 1 aliphatic rings. The predicted octanol–water partition coefficient (Wildman–Crippen LogP) is 5.60. The molecule has 0 saturated heterocycles. The fourth-order valence-corrected chi connectivity index (χ4v) is 3.54. The molecule has 1 atom stereocenters. The zero-order valence-electron chi connectivity index (χ0n) is 12.3. The summed E-state index contributed by atoms with van der Waals surface area (Å²) in [6, 6.07) is 5.79. The van der Waals surface area contributed by atoms with Crippen molar-refractivity contribution in [2.45, 2.75) is 57.9 Å². The van der Waals surface area contributed by atoms with Crippen molar-refractivity contribution in [1.29, 1.82) is 0 Å². The zero-order chi connectivity index (χ0) is 14.4. The SMILES string of the molecule is CCCNC(CC1CCCCC1)c1ccc(F)c(Br)c1. The minimum Gasteiger partial charge on any atom is -0.310 e. The van der Waals surface area contributed by atoms with Crippen molar-refractivity contribution in [2.24, 2.45) is 5.92 Å². The lowest BCUT2D eigenvalue weighted by atomic mass is 9.83. The lowest BCUT2D eigenvalue weighted by Gasteiger charge is -2.27. The van der Waals surface area contributed by atoms with E-state index in [9.17, 15) is 4.39 Å². The number of hydrogen-bond acceptors (Lipinski definition) is 1. The molecule has 20 heavy (non-hydrogen) atoms. The first-order valence-corrected chi connectivity index (χ1v) is 8.68. The van der Waals surface area contributed by atoms with Gasteiger partial charge in [0.15, 0.2) is 0 Å². The van der Waals surface area contributed by atoms with Gasteiger partial charge in [-0.15, -0.1) is 0 Å². The van der Waals surface area contributed by atoms with E-state index in [0.717, 1.165) is 18.9 Å². The van der Waals surface area contributed by atoms with E-state index in [0.29, 0.717) is 10.5 Å². The predicted molar refractivity (Wildman–Crippen MR) is 86.3 cm³/mol. The molecule has 0 aliphatic heterocycles. The Morgan fingerprint density at radius 3 is 2.70 bits per heavy atom. The Bertz CT molecular complexity index is 415. The van der Waals surface area contributed by atoms with E-state index in [1.54, 1.807) is 6.07 Å². The maximum absolute atomic E-state index is 13.4. The average Bonchev–Trinajstić information content (AvgIpc) is 2.47. The van der Waals surface area contributed by atoms with Crippen LogP contribution in [-0.2, 0) is 0 Å². The molecule has 0 bridgehead atoms. The molecule has 0 amide bonds. The number of nitrogens with one attached hydrogen (secondary N) is 1. The van der Waals surface area contributed by atoms with Crippen LogP contribution >= 0.6 is 15.9 Å². The molecule has 0 aromatic heterocycles. The molecule has 112 valence electrons. The van der Waals surface area contributed by atoms with E-state index in [4.69, 9.17) is 0 Å². The van der Waals surface area contributed by atoms with Crippen LogP contribution in [0.5, 0.6) is 0 Å². The molecule has 0 radical (unpaired) electrons. The molecule has 0 spiro atoms. The van der Waals surface area contributed by atoms with Gasteiger partial charge in [0.1, 0.15) is 5.82 Å². The van der Waals surface area contributed by atoms with Gasteiger partial charge in [0, 0.05) is 6.04 Å². The van der Waals surface area contributed by atoms with Gasteiger partial charge < -0.3 is 5.32 Å². The maximum atomic E-state index is 13.4. The number of halogens is 2. The first-order valence-electron chi connectivity index (χ1n) is 7.89. The van der Waals surface area contributed by atoms with Crippen molar-refractivity contribution in [3.63, 3.8) is 0 Å². The number of hydrogen-bond donors (Lipinski definition) is 1. The fourth-order valence-electron chi connectivity index (χ4n) is 3.14. The molecule has 1 aliphatic carbocycles. The zero-order valence-corrected chi connectivity index (χ0v) is 13.9. The normalized spacial score (nSPS) is 18.1. The van der Waals surface area contributed by atoms with Gasteiger partial charge in [-0.3, -0.25) is 0 Å². The molecule has 1 unspecified atom stereocenters. The van der Waals surface area contributed by atoms with Crippen molar-refractivity contribution in [3.8, 4) is 0 Å². The molecular formula is C17H25BrFN. The Kier molecular flexibility index (Phi) is 6.50. The van der Waals surface area contributed by atoms with E-state index in [-0.39, 0.29) is 5.82 Å². The molecule has 2 rings (SSSR count). The Balaban J connectivity index is 2.06. The maximum Gasteiger partial charge on any atom is 0.137 e. The second-order valence-electron chi connectivity index (χ2n) is 5.92. The van der Waals surface area contributed by atoms with Gasteiger partial charge in [0.25, 0.3) is 0 Å². The smallest absolute Gasteiger partial charge is 0.137 e. The Hall–Kier alpha value is -0.410. The highest BCUT2D eigenvalue weighted by molar-refractivity contribution is 9.10. The van der Waals surface area contributed by atoms with E-state index in [2.05, 4.69) is 28.2 Å². The van der Waals surface area contributed by atoms with Crippen molar-refractivity contribution >= 4 is 15.9 Å². The second-order valence-corrected chi connectivity index (χ2v) is 6.77. The van der Waals surface area contributed by atoms with Crippen LogP contribution in [0.1, 0.15) is 63.5 Å². The highest BCUT2D eigenvalue weighted by Gasteiger charge is 2.20. The second kappa shape index (κ2) is 8.14. The minimum absolute atomic E-state index is 0.180. The van der Waals surface area contributed by atoms with E-state index in [1.165, 1.54) is 44.1 Å². The Morgan fingerprint density at radius 2 is 2.05 bits per heavy atom. The standard InChI is InChI=1S/C17H25BrFN/c1-2-10-20-17(11-13-6-4-3-5-7-13)14-8-9-16(19)15(18)12-14/h8-9,12-13,17,20H,2-7,10-11H2,1H3. The molecule has 1 aromatic carbocycles. The molecule has 3 heteroatoms. The molecule has 1 aromatic rings. The Labute approximate surface area is 130 Å². The molecule has 0 heterocycles. The van der Waals surface area contributed by atoms with Crippen molar-refractivity contribution in [1.82, 2.24) is 5.32 Å². The van der Waals surface area contributed by atoms with Gasteiger partial charge in [0.05, 0.1) is 4.47 Å². The van der Waals surface area contributed by atoms with Gasteiger partial charge >= 0.3 is 0 Å². The third-order valence-corrected chi connectivity index (χ3v) is 4.89. The molecular weight excluding hydrogens is 317 g/mol. The topological polar surface area (TPSA) is 12.0 Å². The van der Waals surface area contributed by atoms with Gasteiger partial charge in [-0.05, 0) is 58.9 Å². The lowest BCUT2D eigenvalue weighted by Crippen LogP contribution is -2.25. The van der Waals surface area contributed by atoms with Gasteiger partial charge in [-0.2, -0.15) is 0 Å². The highest BCUT2D eigenvalue weighted by Crippen LogP contribution is 2.33. The van der Waals surface area contributed by atoms with Gasteiger partial charge in [-0.25, -0.2) is 4.39 Å². The average molecular weight is 342 g/mol. The van der Waals surface area contributed by atoms with Crippen LogP contribution in [0.3, 0.4) is 0 Å². The highest BCUT2D eigenvalue weighted by atomic mass is 79.9. The third kappa shape index (κ3) is 4.56. The monoisotopic (exact) mass is 341 g/mol. The third-order valence-electron chi connectivity index (χ3n) is 4.28. The summed E-state index contributed by atoms with van der Waals surface area (Å²) >= 11 is 3.30. The molecule has 1 fully saturated rings. The van der Waals surface area contributed by atoms with E-state index >= 15 is 0 Å². The summed E-state index contributed by atoms with van der Waals surface area (Å²) in [5.74, 6) is 0.641. The summed E-state index contributed by atoms with van der Waals surface area (Å²) in [7, 11) is 0. The Morgan fingerprint density at radius 1 is 1.30 bits per heavy atom. The summed E-state index contributed by atoms with van der Waals surface area (Å²) in [4.78, 5) is 0. The number of rotatable bonds is 6. The summed E-state index contributed by atoms with van der Waals surface area (Å²) in [6.45, 7) is 3.21. The van der Waals surface area contributed by atoms with Crippen LogP contribution in [-0.4, -0.2) is 6.54 Å². The van der Waals surface area contributed by atoms with Crippen LogP contribution in [0.2, 0.25) is 0 Å². The van der Waals surface area contributed by atoms with Crippen molar-refractivity contribution in [2.75, 3.05) is 6.54 Å². The van der Waals surface area contributed by atoms with E-state index in [1.807, 2.05) is 12.1 Å². The fraction of sp³-hybridized carbons (Fsp3) is 0.647. The quantitative estimate of drug-likeness (QED) is 0.710. The van der Waals surface area contributed by atoms with Crippen LogP contribution in [0, 0.1) is 11.7 Å². The summed E-state index contributed by atoms with van der Waals surface area (Å²) in [5.41, 5.74) is 1.21. The van der Waals surface area contributed by atoms with Crippen LogP contribution in [0.25, 0.3) is 0 Å².